The first kappa shape index (κ1) is 21.4. The number of allylic oxidation sites excluding steroid dienone is 1. The third-order valence-corrected chi connectivity index (χ3v) is 5.29. The van der Waals surface area contributed by atoms with E-state index in [2.05, 4.69) is 47.9 Å². The lowest BCUT2D eigenvalue weighted by Gasteiger charge is -2.15. The van der Waals surface area contributed by atoms with Crippen LogP contribution < -0.4 is 10.6 Å². The standard InChI is InChI=1S/C18H30N4S.HI/c1-18(2,3)16-22-15(13-23-16)12-21-17(19-4)20-11-10-14-8-6-5-7-9-14;/h8,13H,5-7,9-12H2,1-4H3,(H2,19,20,21);1H. The van der Waals surface area contributed by atoms with Gasteiger partial charge in [-0.25, -0.2) is 4.98 Å². The Morgan fingerprint density at radius 3 is 2.67 bits per heavy atom. The molecule has 0 aromatic carbocycles. The molecule has 0 amide bonds. The van der Waals surface area contributed by atoms with E-state index in [1.54, 1.807) is 16.9 Å². The lowest BCUT2D eigenvalue weighted by atomic mass is 9.97. The van der Waals surface area contributed by atoms with Crippen LogP contribution in [0.15, 0.2) is 22.0 Å². The molecule has 1 aliphatic rings. The van der Waals surface area contributed by atoms with Gasteiger partial charge in [0.05, 0.1) is 17.2 Å². The SMILES string of the molecule is CN=C(NCCC1=CCCCC1)NCc1csc(C(C)(C)C)n1.I. The van der Waals surface area contributed by atoms with E-state index in [0.717, 1.165) is 31.2 Å². The van der Waals surface area contributed by atoms with E-state index in [4.69, 9.17) is 4.98 Å². The van der Waals surface area contributed by atoms with Crippen LogP contribution in [0.1, 0.15) is 63.6 Å². The van der Waals surface area contributed by atoms with Crippen molar-refractivity contribution in [1.29, 1.82) is 0 Å². The Morgan fingerprint density at radius 1 is 1.29 bits per heavy atom. The highest BCUT2D eigenvalue weighted by Gasteiger charge is 2.17. The van der Waals surface area contributed by atoms with Crippen LogP contribution in [-0.2, 0) is 12.0 Å². The van der Waals surface area contributed by atoms with E-state index in [1.807, 2.05) is 7.05 Å². The largest absolute Gasteiger partial charge is 0.356 e. The minimum Gasteiger partial charge on any atom is -0.356 e. The Morgan fingerprint density at radius 2 is 2.08 bits per heavy atom. The van der Waals surface area contributed by atoms with Gasteiger partial charge in [-0.3, -0.25) is 4.99 Å². The second-order valence-corrected chi connectivity index (χ2v) is 7.96. The zero-order valence-electron chi connectivity index (χ0n) is 15.3. The zero-order valence-corrected chi connectivity index (χ0v) is 18.5. The minimum absolute atomic E-state index is 0. The fraction of sp³-hybridized carbons (Fsp3) is 0.667. The van der Waals surface area contributed by atoms with Crippen LogP contribution in [0.2, 0.25) is 0 Å². The van der Waals surface area contributed by atoms with Crippen molar-refractivity contribution in [2.75, 3.05) is 13.6 Å². The first-order valence-electron chi connectivity index (χ1n) is 8.56. The summed E-state index contributed by atoms with van der Waals surface area (Å²) in [5.41, 5.74) is 2.79. The van der Waals surface area contributed by atoms with Gasteiger partial charge in [-0.2, -0.15) is 0 Å². The number of aromatic nitrogens is 1. The summed E-state index contributed by atoms with van der Waals surface area (Å²) in [5, 5.41) is 10.1. The second kappa shape index (κ2) is 10.4. The number of nitrogens with zero attached hydrogens (tertiary/aromatic N) is 2. The number of hydrogen-bond acceptors (Lipinski definition) is 3. The number of rotatable bonds is 5. The van der Waals surface area contributed by atoms with E-state index in [-0.39, 0.29) is 29.4 Å². The molecule has 1 aromatic heterocycles. The van der Waals surface area contributed by atoms with Crippen molar-refractivity contribution in [1.82, 2.24) is 15.6 Å². The first-order chi connectivity index (χ1) is 11.0. The van der Waals surface area contributed by atoms with Gasteiger partial charge >= 0.3 is 0 Å². The van der Waals surface area contributed by atoms with Gasteiger partial charge in [0, 0.05) is 24.4 Å². The number of thiazole rings is 1. The highest BCUT2D eigenvalue weighted by Crippen LogP contribution is 2.25. The number of halogens is 1. The lowest BCUT2D eigenvalue weighted by molar-refractivity contribution is 0.582. The summed E-state index contributed by atoms with van der Waals surface area (Å²) in [6, 6.07) is 0. The fourth-order valence-electron chi connectivity index (χ4n) is 2.60. The Balaban J connectivity index is 0.00000288. The van der Waals surface area contributed by atoms with E-state index < -0.39 is 0 Å². The Bertz CT molecular complexity index is 558. The smallest absolute Gasteiger partial charge is 0.191 e. The predicted octanol–water partition coefficient (Wildman–Crippen LogP) is 4.61. The Hall–Kier alpha value is -0.630. The molecule has 0 bridgehead atoms. The van der Waals surface area contributed by atoms with E-state index in [0.29, 0.717) is 0 Å². The highest BCUT2D eigenvalue weighted by atomic mass is 127. The molecule has 0 spiro atoms. The molecule has 2 N–H and O–H groups in total. The summed E-state index contributed by atoms with van der Waals surface area (Å²) in [6.45, 7) is 8.25. The summed E-state index contributed by atoms with van der Waals surface area (Å²) in [5.74, 6) is 0.853. The normalized spacial score (nSPS) is 15.5. The van der Waals surface area contributed by atoms with Crippen LogP contribution in [0.4, 0.5) is 0 Å². The summed E-state index contributed by atoms with van der Waals surface area (Å²) in [7, 11) is 1.82. The Kier molecular flexibility index (Phi) is 9.26. The van der Waals surface area contributed by atoms with Crippen LogP contribution in [0, 0.1) is 0 Å². The Labute approximate surface area is 167 Å². The predicted molar refractivity (Wildman–Crippen MR) is 116 cm³/mol. The molecule has 0 saturated carbocycles. The maximum absolute atomic E-state index is 4.71. The topological polar surface area (TPSA) is 49.3 Å². The van der Waals surface area contributed by atoms with Crippen molar-refractivity contribution in [3.8, 4) is 0 Å². The molecule has 1 aromatic rings. The average molecular weight is 462 g/mol. The van der Waals surface area contributed by atoms with Gasteiger partial charge in [0.1, 0.15) is 0 Å². The molecular formula is C18H31IN4S. The number of guanidine groups is 1. The molecule has 4 nitrogen and oxygen atoms in total. The molecule has 24 heavy (non-hydrogen) atoms. The van der Waals surface area contributed by atoms with Crippen LogP contribution >= 0.6 is 35.3 Å². The summed E-state index contributed by atoms with van der Waals surface area (Å²) in [6.07, 6.45) is 8.74. The third kappa shape index (κ3) is 7.09. The lowest BCUT2D eigenvalue weighted by Crippen LogP contribution is -2.37. The van der Waals surface area contributed by atoms with Gasteiger partial charge in [0.2, 0.25) is 0 Å². The summed E-state index contributed by atoms with van der Waals surface area (Å²) >= 11 is 1.73. The van der Waals surface area contributed by atoms with Gasteiger partial charge in [-0.1, -0.05) is 32.4 Å². The zero-order chi connectivity index (χ0) is 16.7. The molecule has 0 saturated heterocycles. The van der Waals surface area contributed by atoms with Crippen LogP contribution in [-0.4, -0.2) is 24.5 Å². The molecule has 136 valence electrons. The van der Waals surface area contributed by atoms with Gasteiger partial charge < -0.3 is 10.6 Å². The van der Waals surface area contributed by atoms with Gasteiger partial charge in [0.25, 0.3) is 0 Å². The number of nitrogens with one attached hydrogen (secondary N) is 2. The van der Waals surface area contributed by atoms with Crippen LogP contribution in [0.3, 0.4) is 0 Å². The van der Waals surface area contributed by atoms with Gasteiger partial charge in [-0.05, 0) is 32.1 Å². The van der Waals surface area contributed by atoms with Crippen LogP contribution in [0.25, 0.3) is 0 Å². The van der Waals surface area contributed by atoms with Crippen molar-refractivity contribution < 1.29 is 0 Å². The number of aliphatic imine (C=N–C) groups is 1. The highest BCUT2D eigenvalue weighted by molar-refractivity contribution is 14.0. The molecular weight excluding hydrogens is 431 g/mol. The van der Waals surface area contributed by atoms with Crippen molar-refractivity contribution >= 4 is 41.3 Å². The molecule has 0 aliphatic heterocycles. The maximum atomic E-state index is 4.71. The first-order valence-corrected chi connectivity index (χ1v) is 9.44. The summed E-state index contributed by atoms with van der Waals surface area (Å²) in [4.78, 5) is 9.00. The quantitative estimate of drug-likeness (QED) is 0.291. The van der Waals surface area contributed by atoms with Gasteiger partial charge in [0.15, 0.2) is 5.96 Å². The van der Waals surface area contributed by atoms with Crippen molar-refractivity contribution in [3.63, 3.8) is 0 Å². The molecule has 0 fully saturated rings. The van der Waals surface area contributed by atoms with Gasteiger partial charge in [-0.15, -0.1) is 35.3 Å². The van der Waals surface area contributed by atoms with E-state index in [1.165, 1.54) is 30.7 Å². The van der Waals surface area contributed by atoms with Crippen molar-refractivity contribution in [2.45, 2.75) is 64.8 Å². The fourth-order valence-corrected chi connectivity index (χ4v) is 3.51. The molecule has 0 radical (unpaired) electrons. The average Bonchev–Trinajstić information content (AvgIpc) is 3.01. The second-order valence-electron chi connectivity index (χ2n) is 7.10. The molecule has 2 rings (SSSR count). The minimum atomic E-state index is 0. The van der Waals surface area contributed by atoms with E-state index in [9.17, 15) is 0 Å². The third-order valence-electron chi connectivity index (χ3n) is 3.98. The molecule has 1 heterocycles. The molecule has 0 atom stereocenters. The van der Waals surface area contributed by atoms with Crippen LogP contribution in [0.5, 0.6) is 0 Å². The van der Waals surface area contributed by atoms with E-state index >= 15 is 0 Å². The van der Waals surface area contributed by atoms with Crippen molar-refractivity contribution in [2.24, 2.45) is 4.99 Å². The molecule has 6 heteroatoms. The van der Waals surface area contributed by atoms with Crippen molar-refractivity contribution in [3.05, 3.63) is 27.7 Å². The number of hydrogen-bond donors (Lipinski definition) is 2. The molecule has 0 unspecified atom stereocenters. The summed E-state index contributed by atoms with van der Waals surface area (Å²) < 4.78 is 0. The monoisotopic (exact) mass is 462 g/mol. The maximum Gasteiger partial charge on any atom is 0.191 e. The molecule has 1 aliphatic carbocycles.